The number of hydrogen-bond acceptors (Lipinski definition) is 5. The molecule has 0 aromatic carbocycles. The predicted molar refractivity (Wildman–Crippen MR) is 90.6 cm³/mol. The van der Waals surface area contributed by atoms with E-state index in [2.05, 4.69) is 20.4 Å². The van der Waals surface area contributed by atoms with Crippen molar-refractivity contribution < 1.29 is 4.79 Å². The van der Waals surface area contributed by atoms with Crippen molar-refractivity contribution in [3.05, 3.63) is 17.5 Å². The number of hydrogen-bond donors (Lipinski definition) is 1. The van der Waals surface area contributed by atoms with Gasteiger partial charge >= 0.3 is 0 Å². The second kappa shape index (κ2) is 7.29. The van der Waals surface area contributed by atoms with Gasteiger partial charge in [-0.1, -0.05) is 31.0 Å². The minimum Gasteiger partial charge on any atom is -0.353 e. The quantitative estimate of drug-likeness (QED) is 0.852. The Hall–Kier alpha value is -1.63. The van der Waals surface area contributed by atoms with Crippen LogP contribution < -0.4 is 5.32 Å². The van der Waals surface area contributed by atoms with Crippen LogP contribution in [0.5, 0.6) is 0 Å². The Morgan fingerprint density at radius 2 is 2.09 bits per heavy atom. The van der Waals surface area contributed by atoms with Gasteiger partial charge in [-0.05, 0) is 32.8 Å². The molecule has 1 aliphatic rings. The third-order valence-electron chi connectivity index (χ3n) is 4.13. The highest BCUT2D eigenvalue weighted by atomic mass is 32.2. The monoisotopic (exact) mass is 333 g/mol. The van der Waals surface area contributed by atoms with Gasteiger partial charge in [0.25, 0.3) is 5.78 Å². The van der Waals surface area contributed by atoms with Crippen LogP contribution in [-0.4, -0.2) is 37.3 Å². The first-order valence-electron chi connectivity index (χ1n) is 8.25. The lowest BCUT2D eigenvalue weighted by Crippen LogP contribution is -2.36. The van der Waals surface area contributed by atoms with E-state index in [4.69, 9.17) is 0 Å². The summed E-state index contributed by atoms with van der Waals surface area (Å²) in [7, 11) is 0. The number of aryl methyl sites for hydroxylation is 2. The first-order chi connectivity index (χ1) is 11.1. The molecule has 0 unspecified atom stereocenters. The summed E-state index contributed by atoms with van der Waals surface area (Å²) in [6.45, 7) is 3.94. The van der Waals surface area contributed by atoms with Gasteiger partial charge in [0.2, 0.25) is 11.1 Å². The summed E-state index contributed by atoms with van der Waals surface area (Å²) in [4.78, 5) is 20.8. The smallest absolute Gasteiger partial charge is 0.253 e. The van der Waals surface area contributed by atoms with Crippen LogP contribution in [0, 0.1) is 13.8 Å². The van der Waals surface area contributed by atoms with E-state index in [0.717, 1.165) is 24.2 Å². The zero-order chi connectivity index (χ0) is 16.2. The van der Waals surface area contributed by atoms with E-state index in [1.165, 1.54) is 31.0 Å². The molecule has 1 aliphatic carbocycles. The van der Waals surface area contributed by atoms with Gasteiger partial charge < -0.3 is 5.32 Å². The van der Waals surface area contributed by atoms with Gasteiger partial charge in [-0.3, -0.25) is 4.79 Å². The maximum Gasteiger partial charge on any atom is 0.253 e. The Bertz CT molecular complexity index is 693. The fraction of sp³-hybridized carbons (Fsp3) is 0.625. The molecule has 3 rings (SSSR count). The fourth-order valence-corrected chi connectivity index (χ4v) is 3.75. The van der Waals surface area contributed by atoms with Gasteiger partial charge in [0.05, 0.1) is 0 Å². The molecule has 2 aromatic heterocycles. The van der Waals surface area contributed by atoms with E-state index in [1.54, 1.807) is 4.52 Å². The van der Waals surface area contributed by atoms with Gasteiger partial charge in [0.1, 0.15) is 0 Å². The molecule has 0 radical (unpaired) electrons. The van der Waals surface area contributed by atoms with E-state index < -0.39 is 0 Å². The number of thioether (sulfide) groups is 1. The van der Waals surface area contributed by atoms with Crippen molar-refractivity contribution in [2.75, 3.05) is 5.75 Å². The van der Waals surface area contributed by atoms with Crippen molar-refractivity contribution in [2.45, 2.75) is 63.6 Å². The number of rotatable bonds is 5. The summed E-state index contributed by atoms with van der Waals surface area (Å²) in [6.07, 6.45) is 6.51. The molecular weight excluding hydrogens is 310 g/mol. The topological polar surface area (TPSA) is 72.2 Å². The molecule has 0 saturated heterocycles. The Kier molecular flexibility index (Phi) is 5.15. The summed E-state index contributed by atoms with van der Waals surface area (Å²) >= 11 is 1.51. The summed E-state index contributed by atoms with van der Waals surface area (Å²) < 4.78 is 1.75. The first-order valence-corrected chi connectivity index (χ1v) is 9.23. The van der Waals surface area contributed by atoms with Crippen LogP contribution in [-0.2, 0) is 4.79 Å². The van der Waals surface area contributed by atoms with Crippen LogP contribution in [0.4, 0.5) is 0 Å². The molecule has 0 atom stereocenters. The van der Waals surface area contributed by atoms with Gasteiger partial charge in [-0.25, -0.2) is 9.50 Å². The largest absolute Gasteiger partial charge is 0.353 e. The lowest BCUT2D eigenvalue weighted by molar-refractivity contribution is -0.121. The van der Waals surface area contributed by atoms with Gasteiger partial charge in [-0.15, -0.1) is 5.10 Å². The van der Waals surface area contributed by atoms with Crippen LogP contribution in [0.25, 0.3) is 5.78 Å². The third-order valence-corrected chi connectivity index (χ3v) is 4.97. The zero-order valence-electron chi connectivity index (χ0n) is 13.7. The van der Waals surface area contributed by atoms with Gasteiger partial charge in [0.15, 0.2) is 0 Å². The van der Waals surface area contributed by atoms with Crippen molar-refractivity contribution in [1.29, 1.82) is 0 Å². The molecule has 0 bridgehead atoms. The second-order valence-corrected chi connectivity index (χ2v) is 7.21. The van der Waals surface area contributed by atoms with Crippen molar-refractivity contribution in [3.63, 3.8) is 0 Å². The zero-order valence-corrected chi connectivity index (χ0v) is 14.5. The van der Waals surface area contributed by atoms with E-state index in [-0.39, 0.29) is 5.91 Å². The average molecular weight is 333 g/mol. The molecule has 1 fully saturated rings. The van der Waals surface area contributed by atoms with E-state index in [1.807, 2.05) is 19.9 Å². The van der Waals surface area contributed by atoms with E-state index in [9.17, 15) is 4.79 Å². The molecule has 7 heteroatoms. The van der Waals surface area contributed by atoms with Crippen LogP contribution in [0.1, 0.15) is 49.9 Å². The van der Waals surface area contributed by atoms with E-state index in [0.29, 0.717) is 29.1 Å². The molecule has 1 amide bonds. The van der Waals surface area contributed by atoms with Crippen molar-refractivity contribution >= 4 is 23.4 Å². The lowest BCUT2D eigenvalue weighted by Gasteiger charge is -2.22. The Morgan fingerprint density at radius 1 is 1.30 bits per heavy atom. The normalized spacial score (nSPS) is 15.9. The van der Waals surface area contributed by atoms with Crippen molar-refractivity contribution in [3.8, 4) is 0 Å². The molecule has 2 heterocycles. The SMILES string of the molecule is Cc1cc(C)n2nc(SCCC(=O)NC3CCCCC3)nc2n1. The predicted octanol–water partition coefficient (Wildman–Crippen LogP) is 2.67. The van der Waals surface area contributed by atoms with E-state index >= 15 is 0 Å². The number of amides is 1. The maximum absolute atomic E-state index is 12.0. The van der Waals surface area contributed by atoms with Gasteiger partial charge in [-0.2, -0.15) is 4.98 Å². The molecule has 1 saturated carbocycles. The minimum absolute atomic E-state index is 0.137. The second-order valence-electron chi connectivity index (χ2n) is 6.15. The van der Waals surface area contributed by atoms with Gasteiger partial charge in [0, 0.05) is 29.6 Å². The Morgan fingerprint density at radius 3 is 2.87 bits per heavy atom. The van der Waals surface area contributed by atoms with Crippen molar-refractivity contribution in [1.82, 2.24) is 24.9 Å². The lowest BCUT2D eigenvalue weighted by atomic mass is 9.95. The number of carbonyl (C=O) groups excluding carboxylic acids is 1. The summed E-state index contributed by atoms with van der Waals surface area (Å²) in [5.41, 5.74) is 1.95. The standard InChI is InChI=1S/C16H23N5OS/c1-11-10-12(2)21-15(17-11)19-16(20-21)23-9-8-14(22)18-13-6-4-3-5-7-13/h10,13H,3-9H2,1-2H3,(H,18,22). The summed E-state index contributed by atoms with van der Waals surface area (Å²) in [6, 6.07) is 2.36. The van der Waals surface area contributed by atoms with Crippen LogP contribution >= 0.6 is 11.8 Å². The highest BCUT2D eigenvalue weighted by molar-refractivity contribution is 7.99. The first kappa shape index (κ1) is 16.2. The maximum atomic E-state index is 12.0. The number of fused-ring (bicyclic) bond motifs is 1. The molecule has 6 nitrogen and oxygen atoms in total. The molecule has 0 aliphatic heterocycles. The molecule has 0 spiro atoms. The van der Waals surface area contributed by atoms with Crippen LogP contribution in [0.15, 0.2) is 11.2 Å². The number of carbonyl (C=O) groups is 1. The highest BCUT2D eigenvalue weighted by Crippen LogP contribution is 2.19. The molecule has 2 aromatic rings. The minimum atomic E-state index is 0.137. The average Bonchev–Trinajstić information content (AvgIpc) is 2.91. The molecular formula is C16H23N5OS. The number of nitrogens with one attached hydrogen (secondary N) is 1. The Balaban J connectivity index is 1.50. The summed E-state index contributed by atoms with van der Waals surface area (Å²) in [5, 5.41) is 8.26. The molecule has 23 heavy (non-hydrogen) atoms. The van der Waals surface area contributed by atoms with Crippen LogP contribution in [0.3, 0.4) is 0 Å². The molecule has 1 N–H and O–H groups in total. The number of nitrogens with zero attached hydrogens (tertiary/aromatic N) is 4. The third kappa shape index (κ3) is 4.22. The van der Waals surface area contributed by atoms with Crippen LogP contribution in [0.2, 0.25) is 0 Å². The molecule has 124 valence electrons. The Labute approximate surface area is 140 Å². The number of aromatic nitrogens is 4. The summed E-state index contributed by atoms with van der Waals surface area (Å²) in [5.74, 6) is 1.45. The van der Waals surface area contributed by atoms with Crippen molar-refractivity contribution in [2.24, 2.45) is 0 Å². The highest BCUT2D eigenvalue weighted by Gasteiger charge is 2.15. The fourth-order valence-electron chi connectivity index (χ4n) is 2.99.